The van der Waals surface area contributed by atoms with Crippen LogP contribution >= 0.6 is 0 Å². The van der Waals surface area contributed by atoms with E-state index in [2.05, 4.69) is 15.3 Å². The fourth-order valence-electron chi connectivity index (χ4n) is 2.55. The van der Waals surface area contributed by atoms with Crippen LogP contribution in [-0.4, -0.2) is 27.9 Å². The van der Waals surface area contributed by atoms with Crippen LogP contribution in [0.25, 0.3) is 10.9 Å². The minimum atomic E-state index is -0.191. The number of aromatic nitrogens is 2. The van der Waals surface area contributed by atoms with Gasteiger partial charge in [0, 0.05) is 24.3 Å². The molecule has 0 aliphatic heterocycles. The third-order valence-corrected chi connectivity index (χ3v) is 4.12. The first-order valence-corrected chi connectivity index (χ1v) is 7.87. The summed E-state index contributed by atoms with van der Waals surface area (Å²) in [5.74, 6) is 0. The summed E-state index contributed by atoms with van der Waals surface area (Å²) in [5.41, 5.74) is 3.27. The van der Waals surface area contributed by atoms with E-state index >= 15 is 0 Å². The van der Waals surface area contributed by atoms with Crippen LogP contribution in [0.1, 0.15) is 24.4 Å². The van der Waals surface area contributed by atoms with E-state index in [0.717, 1.165) is 22.3 Å². The van der Waals surface area contributed by atoms with Crippen LogP contribution in [0.3, 0.4) is 0 Å². The van der Waals surface area contributed by atoms with Crippen LogP contribution in [0.5, 0.6) is 0 Å². The zero-order valence-corrected chi connectivity index (χ0v) is 14.0. The number of carbonyl (C=O) groups is 1. The number of nitrogens with one attached hydrogen (secondary N) is 1. The average Bonchev–Trinajstić information content (AvgIpc) is 2.61. The molecule has 0 aliphatic carbocycles. The number of nitrogens with zero attached hydrogens (tertiary/aromatic N) is 3. The van der Waals surface area contributed by atoms with Gasteiger partial charge in [0.25, 0.3) is 0 Å². The van der Waals surface area contributed by atoms with Crippen molar-refractivity contribution in [2.45, 2.75) is 19.9 Å². The van der Waals surface area contributed by atoms with E-state index < -0.39 is 0 Å². The highest BCUT2D eigenvalue weighted by Crippen LogP contribution is 2.23. The summed E-state index contributed by atoms with van der Waals surface area (Å²) in [6.07, 6.45) is 1.73. The molecule has 0 radical (unpaired) electrons. The first-order chi connectivity index (χ1) is 11.6. The van der Waals surface area contributed by atoms with Crippen LogP contribution in [0.15, 0.2) is 54.7 Å². The normalized spacial score (nSPS) is 12.0. The lowest BCUT2D eigenvalue weighted by Gasteiger charge is -2.25. The summed E-state index contributed by atoms with van der Waals surface area (Å²) >= 11 is 0. The molecule has 2 aromatic heterocycles. The number of urea groups is 1. The largest absolute Gasteiger partial charge is 0.322 e. The Balaban J connectivity index is 1.83. The molecular formula is C19H20N4O. The highest BCUT2D eigenvalue weighted by atomic mass is 16.2. The van der Waals surface area contributed by atoms with Crippen molar-refractivity contribution in [3.63, 3.8) is 0 Å². The van der Waals surface area contributed by atoms with Crippen LogP contribution in [0.4, 0.5) is 10.5 Å². The van der Waals surface area contributed by atoms with Crippen LogP contribution < -0.4 is 5.32 Å². The molecule has 2 amide bonds. The van der Waals surface area contributed by atoms with E-state index in [-0.39, 0.29) is 12.1 Å². The number of rotatable bonds is 3. The molecule has 122 valence electrons. The Bertz CT molecular complexity index is 864. The number of para-hydroxylation sites is 1. The molecule has 0 aliphatic rings. The first-order valence-electron chi connectivity index (χ1n) is 7.87. The number of pyridine rings is 2. The molecule has 2 heterocycles. The second kappa shape index (κ2) is 6.66. The van der Waals surface area contributed by atoms with Gasteiger partial charge in [0.05, 0.1) is 22.9 Å². The first kappa shape index (κ1) is 15.9. The Labute approximate surface area is 141 Å². The molecule has 5 nitrogen and oxygen atoms in total. The van der Waals surface area contributed by atoms with Crippen LogP contribution in [0.2, 0.25) is 0 Å². The Kier molecular flexibility index (Phi) is 4.42. The van der Waals surface area contributed by atoms with E-state index in [9.17, 15) is 4.79 Å². The van der Waals surface area contributed by atoms with Crippen molar-refractivity contribution >= 4 is 22.6 Å². The van der Waals surface area contributed by atoms with E-state index in [1.54, 1.807) is 18.1 Å². The maximum atomic E-state index is 12.6. The molecule has 1 atom stereocenters. The van der Waals surface area contributed by atoms with Gasteiger partial charge in [-0.05, 0) is 38.1 Å². The van der Waals surface area contributed by atoms with Gasteiger partial charge < -0.3 is 10.2 Å². The van der Waals surface area contributed by atoms with Crippen molar-refractivity contribution in [1.29, 1.82) is 0 Å². The van der Waals surface area contributed by atoms with Gasteiger partial charge in [-0.15, -0.1) is 0 Å². The topological polar surface area (TPSA) is 58.1 Å². The SMILES string of the molecule is Cc1ccc2cccc(NC(=O)N(C)[C@H](C)c3ccccn3)c2n1. The summed E-state index contributed by atoms with van der Waals surface area (Å²) in [6.45, 7) is 3.89. The maximum absolute atomic E-state index is 12.6. The van der Waals surface area contributed by atoms with Crippen molar-refractivity contribution in [1.82, 2.24) is 14.9 Å². The highest BCUT2D eigenvalue weighted by molar-refractivity contribution is 5.99. The molecular weight excluding hydrogens is 300 g/mol. The van der Waals surface area contributed by atoms with E-state index in [1.165, 1.54) is 0 Å². The Morgan fingerprint density at radius 3 is 2.71 bits per heavy atom. The van der Waals surface area contributed by atoms with Crippen LogP contribution in [0, 0.1) is 6.92 Å². The molecule has 3 rings (SSSR count). The zero-order valence-electron chi connectivity index (χ0n) is 14.0. The maximum Gasteiger partial charge on any atom is 0.322 e. The van der Waals surface area contributed by atoms with Gasteiger partial charge in [0.1, 0.15) is 0 Å². The summed E-state index contributed by atoms with van der Waals surface area (Å²) in [4.78, 5) is 23.1. The van der Waals surface area contributed by atoms with Gasteiger partial charge in [-0.3, -0.25) is 9.97 Å². The van der Waals surface area contributed by atoms with Gasteiger partial charge in [-0.2, -0.15) is 0 Å². The Morgan fingerprint density at radius 1 is 1.12 bits per heavy atom. The summed E-state index contributed by atoms with van der Waals surface area (Å²) in [6, 6.07) is 15.1. The summed E-state index contributed by atoms with van der Waals surface area (Å²) < 4.78 is 0. The van der Waals surface area contributed by atoms with E-state index in [1.807, 2.05) is 62.4 Å². The standard InChI is InChI=1S/C19H20N4O/c1-13-10-11-15-7-6-9-17(18(15)21-13)22-19(24)23(3)14(2)16-8-4-5-12-20-16/h4-12,14H,1-3H3,(H,22,24)/t14-/m1/s1. The molecule has 0 saturated heterocycles. The quantitative estimate of drug-likeness (QED) is 0.788. The molecule has 24 heavy (non-hydrogen) atoms. The van der Waals surface area contributed by atoms with Crippen molar-refractivity contribution in [2.75, 3.05) is 12.4 Å². The second-order valence-corrected chi connectivity index (χ2v) is 5.80. The number of hydrogen-bond acceptors (Lipinski definition) is 3. The predicted molar refractivity (Wildman–Crippen MR) is 95.9 cm³/mol. The number of fused-ring (bicyclic) bond motifs is 1. The minimum absolute atomic E-state index is 0.129. The summed E-state index contributed by atoms with van der Waals surface area (Å²) in [5, 5.41) is 3.96. The van der Waals surface area contributed by atoms with Gasteiger partial charge in [-0.25, -0.2) is 4.79 Å². The smallest absolute Gasteiger partial charge is 0.319 e. The number of hydrogen-bond donors (Lipinski definition) is 1. The third kappa shape index (κ3) is 3.20. The van der Waals surface area contributed by atoms with Crippen molar-refractivity contribution in [3.05, 3.63) is 66.1 Å². The van der Waals surface area contributed by atoms with Crippen LogP contribution in [-0.2, 0) is 0 Å². The molecule has 0 saturated carbocycles. The lowest BCUT2D eigenvalue weighted by Crippen LogP contribution is -2.34. The molecule has 0 unspecified atom stereocenters. The third-order valence-electron chi connectivity index (χ3n) is 4.12. The zero-order chi connectivity index (χ0) is 17.1. The Hall–Kier alpha value is -2.95. The minimum Gasteiger partial charge on any atom is -0.319 e. The average molecular weight is 320 g/mol. The molecule has 5 heteroatoms. The van der Waals surface area contributed by atoms with E-state index in [0.29, 0.717) is 5.69 Å². The monoisotopic (exact) mass is 320 g/mol. The van der Waals surface area contributed by atoms with Gasteiger partial charge in [0.15, 0.2) is 0 Å². The van der Waals surface area contributed by atoms with Gasteiger partial charge in [-0.1, -0.05) is 24.3 Å². The number of benzene rings is 1. The lowest BCUT2D eigenvalue weighted by atomic mass is 10.1. The molecule has 0 spiro atoms. The number of amides is 2. The lowest BCUT2D eigenvalue weighted by molar-refractivity contribution is 0.207. The van der Waals surface area contributed by atoms with Crippen molar-refractivity contribution in [2.24, 2.45) is 0 Å². The molecule has 0 bridgehead atoms. The second-order valence-electron chi connectivity index (χ2n) is 5.80. The highest BCUT2D eigenvalue weighted by Gasteiger charge is 2.19. The number of anilines is 1. The summed E-state index contributed by atoms with van der Waals surface area (Å²) in [7, 11) is 1.76. The fraction of sp³-hybridized carbons (Fsp3) is 0.211. The molecule has 1 aromatic carbocycles. The fourth-order valence-corrected chi connectivity index (χ4v) is 2.55. The van der Waals surface area contributed by atoms with Gasteiger partial charge >= 0.3 is 6.03 Å². The number of aryl methyl sites for hydroxylation is 1. The number of carbonyl (C=O) groups excluding carboxylic acids is 1. The molecule has 3 aromatic rings. The van der Waals surface area contributed by atoms with Crippen molar-refractivity contribution < 1.29 is 4.79 Å². The predicted octanol–water partition coefficient (Wildman–Crippen LogP) is 4.16. The van der Waals surface area contributed by atoms with Crippen molar-refractivity contribution in [3.8, 4) is 0 Å². The Morgan fingerprint density at radius 2 is 1.96 bits per heavy atom. The van der Waals surface area contributed by atoms with Gasteiger partial charge in [0.2, 0.25) is 0 Å². The van der Waals surface area contributed by atoms with E-state index in [4.69, 9.17) is 0 Å². The molecule has 1 N–H and O–H groups in total. The molecule has 0 fully saturated rings.